The number of nitrogens with one attached hydrogen (secondary N) is 1. The molecule has 2 N–H and O–H groups in total. The third kappa shape index (κ3) is 6.10. The molecular formula is C14H21NO4. The minimum absolute atomic E-state index is 0.341. The lowest BCUT2D eigenvalue weighted by atomic mass is 10.1. The van der Waals surface area contributed by atoms with Crippen LogP contribution >= 0.6 is 0 Å². The van der Waals surface area contributed by atoms with Crippen LogP contribution in [0.15, 0.2) is 24.3 Å². The van der Waals surface area contributed by atoms with Gasteiger partial charge < -0.3 is 9.47 Å². The first kappa shape index (κ1) is 15.3. The molecular weight excluding hydrogens is 246 g/mol. The van der Waals surface area contributed by atoms with Gasteiger partial charge in [-0.05, 0) is 36.6 Å². The number of carbonyl (C=O) groups is 1. The van der Waals surface area contributed by atoms with Crippen molar-refractivity contribution < 1.29 is 19.5 Å². The molecule has 1 atom stereocenters. The molecule has 5 heteroatoms. The van der Waals surface area contributed by atoms with Crippen molar-refractivity contribution in [2.45, 2.75) is 33.1 Å². The predicted octanol–water partition coefficient (Wildman–Crippen LogP) is 3.83. The van der Waals surface area contributed by atoms with E-state index in [1.165, 1.54) is 0 Å². The molecule has 106 valence electrons. The molecule has 0 saturated carbocycles. The lowest BCUT2D eigenvalue weighted by Gasteiger charge is -2.11. The Balaban J connectivity index is 2.30. The van der Waals surface area contributed by atoms with Gasteiger partial charge in [0.05, 0.1) is 12.3 Å². The average Bonchev–Trinajstić information content (AvgIpc) is 2.43. The van der Waals surface area contributed by atoms with Gasteiger partial charge in [-0.3, -0.25) is 10.7 Å². The molecule has 5 nitrogen and oxygen atoms in total. The summed E-state index contributed by atoms with van der Waals surface area (Å²) >= 11 is 0. The second kappa shape index (κ2) is 8.37. The van der Waals surface area contributed by atoms with Crippen molar-refractivity contribution in [1.29, 1.82) is 0 Å². The van der Waals surface area contributed by atoms with Gasteiger partial charge in [0.25, 0.3) is 0 Å². The van der Waals surface area contributed by atoms with Crippen LogP contribution in [0.25, 0.3) is 0 Å². The molecule has 1 aromatic rings. The molecule has 19 heavy (non-hydrogen) atoms. The van der Waals surface area contributed by atoms with Crippen LogP contribution in [0.1, 0.15) is 33.1 Å². The van der Waals surface area contributed by atoms with Crippen LogP contribution in [-0.4, -0.2) is 18.0 Å². The Kier molecular flexibility index (Phi) is 6.74. The molecule has 0 bridgehead atoms. The van der Waals surface area contributed by atoms with E-state index in [0.717, 1.165) is 19.3 Å². The monoisotopic (exact) mass is 267 g/mol. The van der Waals surface area contributed by atoms with Crippen molar-refractivity contribution in [3.05, 3.63) is 24.3 Å². The Morgan fingerprint density at radius 2 is 2.05 bits per heavy atom. The summed E-state index contributed by atoms with van der Waals surface area (Å²) in [4.78, 5) is 11.4. The maximum Gasteiger partial charge on any atom is 0.513 e. The van der Waals surface area contributed by atoms with Gasteiger partial charge in [0.1, 0.15) is 5.75 Å². The number of ether oxygens (including phenoxy) is 2. The second-order valence-corrected chi connectivity index (χ2v) is 4.55. The Morgan fingerprint density at radius 1 is 1.37 bits per heavy atom. The summed E-state index contributed by atoms with van der Waals surface area (Å²) in [6.07, 6.45) is 2.61. The smallest absolute Gasteiger partial charge is 0.434 e. The summed E-state index contributed by atoms with van der Waals surface area (Å²) in [5.41, 5.74) is 2.52. The van der Waals surface area contributed by atoms with Crippen molar-refractivity contribution in [1.82, 2.24) is 0 Å². The standard InChI is InChI=1S/C14H21NO4/c1-3-4-5-11(2)10-18-14(16)19-13-8-6-12(15-17)7-9-13/h6-9,11,15,17H,3-5,10H2,1-2H3. The van der Waals surface area contributed by atoms with Crippen molar-refractivity contribution >= 4 is 11.8 Å². The van der Waals surface area contributed by atoms with Crippen LogP contribution in [0.3, 0.4) is 0 Å². The van der Waals surface area contributed by atoms with E-state index >= 15 is 0 Å². The minimum Gasteiger partial charge on any atom is -0.434 e. The summed E-state index contributed by atoms with van der Waals surface area (Å²) in [6, 6.07) is 6.32. The van der Waals surface area contributed by atoms with Crippen LogP contribution in [0, 0.1) is 5.92 Å². The second-order valence-electron chi connectivity index (χ2n) is 4.55. The average molecular weight is 267 g/mol. The van der Waals surface area contributed by atoms with E-state index in [1.54, 1.807) is 24.3 Å². The number of hydrogen-bond acceptors (Lipinski definition) is 5. The molecule has 1 rings (SSSR count). The molecule has 0 saturated heterocycles. The SMILES string of the molecule is CCCCC(C)COC(=O)Oc1ccc(NO)cc1. The van der Waals surface area contributed by atoms with E-state index in [0.29, 0.717) is 24.0 Å². The summed E-state index contributed by atoms with van der Waals surface area (Å²) in [7, 11) is 0. The van der Waals surface area contributed by atoms with Gasteiger partial charge in [0.2, 0.25) is 0 Å². The third-order valence-corrected chi connectivity index (χ3v) is 2.72. The highest BCUT2D eigenvalue weighted by atomic mass is 16.7. The number of anilines is 1. The van der Waals surface area contributed by atoms with Gasteiger partial charge in [0, 0.05) is 0 Å². The highest BCUT2D eigenvalue weighted by Gasteiger charge is 2.09. The summed E-state index contributed by atoms with van der Waals surface area (Å²) in [6.45, 7) is 4.55. The van der Waals surface area contributed by atoms with Crippen molar-refractivity contribution in [3.63, 3.8) is 0 Å². The molecule has 0 heterocycles. The van der Waals surface area contributed by atoms with Gasteiger partial charge in [-0.1, -0.05) is 26.7 Å². The summed E-state index contributed by atoms with van der Waals surface area (Å²) in [5, 5.41) is 8.64. The highest BCUT2D eigenvalue weighted by molar-refractivity contribution is 5.64. The first-order chi connectivity index (χ1) is 9.15. The Labute approximate surface area is 113 Å². The zero-order valence-corrected chi connectivity index (χ0v) is 11.4. The van der Waals surface area contributed by atoms with E-state index in [4.69, 9.17) is 14.7 Å². The van der Waals surface area contributed by atoms with E-state index in [9.17, 15) is 4.79 Å². The zero-order chi connectivity index (χ0) is 14.1. The van der Waals surface area contributed by atoms with Crippen LogP contribution in [0.2, 0.25) is 0 Å². The fourth-order valence-corrected chi connectivity index (χ4v) is 1.57. The normalized spacial score (nSPS) is 11.7. The number of benzene rings is 1. The lowest BCUT2D eigenvalue weighted by Crippen LogP contribution is -2.15. The fourth-order valence-electron chi connectivity index (χ4n) is 1.57. The van der Waals surface area contributed by atoms with Crippen LogP contribution in [0.5, 0.6) is 5.75 Å². The van der Waals surface area contributed by atoms with Gasteiger partial charge in [-0.25, -0.2) is 4.79 Å². The highest BCUT2D eigenvalue weighted by Crippen LogP contribution is 2.16. The maximum absolute atomic E-state index is 11.4. The van der Waals surface area contributed by atoms with Gasteiger partial charge >= 0.3 is 6.16 Å². The molecule has 0 aliphatic heterocycles. The molecule has 0 radical (unpaired) electrons. The van der Waals surface area contributed by atoms with Crippen molar-refractivity contribution in [2.75, 3.05) is 12.1 Å². The number of unbranched alkanes of at least 4 members (excludes halogenated alkanes) is 1. The largest absolute Gasteiger partial charge is 0.513 e. The number of carbonyl (C=O) groups excluding carboxylic acids is 1. The van der Waals surface area contributed by atoms with Crippen molar-refractivity contribution in [3.8, 4) is 5.75 Å². The number of rotatable bonds is 7. The van der Waals surface area contributed by atoms with E-state index in [1.807, 2.05) is 12.4 Å². The Bertz CT molecular complexity index is 378. The van der Waals surface area contributed by atoms with Crippen LogP contribution < -0.4 is 10.2 Å². The molecule has 1 unspecified atom stereocenters. The Morgan fingerprint density at radius 3 is 2.63 bits per heavy atom. The molecule has 0 spiro atoms. The molecule has 0 fully saturated rings. The Hall–Kier alpha value is -1.75. The minimum atomic E-state index is -0.701. The van der Waals surface area contributed by atoms with E-state index in [2.05, 4.69) is 6.92 Å². The lowest BCUT2D eigenvalue weighted by molar-refractivity contribution is 0.0846. The number of hydrogen-bond donors (Lipinski definition) is 2. The summed E-state index contributed by atoms with van der Waals surface area (Å²) < 4.78 is 10.0. The molecule has 1 aromatic carbocycles. The first-order valence-corrected chi connectivity index (χ1v) is 6.50. The van der Waals surface area contributed by atoms with Crippen molar-refractivity contribution in [2.24, 2.45) is 5.92 Å². The first-order valence-electron chi connectivity index (χ1n) is 6.50. The molecule has 0 aliphatic rings. The molecule has 0 aromatic heterocycles. The van der Waals surface area contributed by atoms with Gasteiger partial charge in [-0.15, -0.1) is 0 Å². The molecule has 0 amide bonds. The maximum atomic E-state index is 11.4. The fraction of sp³-hybridized carbons (Fsp3) is 0.500. The van der Waals surface area contributed by atoms with Crippen LogP contribution in [-0.2, 0) is 4.74 Å². The summed E-state index contributed by atoms with van der Waals surface area (Å²) in [5.74, 6) is 0.721. The quantitative estimate of drug-likeness (QED) is 0.446. The van der Waals surface area contributed by atoms with E-state index < -0.39 is 6.16 Å². The molecule has 0 aliphatic carbocycles. The zero-order valence-electron chi connectivity index (χ0n) is 11.4. The van der Waals surface area contributed by atoms with E-state index in [-0.39, 0.29) is 0 Å². The van der Waals surface area contributed by atoms with Crippen LogP contribution in [0.4, 0.5) is 10.5 Å². The topological polar surface area (TPSA) is 67.8 Å². The third-order valence-electron chi connectivity index (χ3n) is 2.72. The predicted molar refractivity (Wildman–Crippen MR) is 72.5 cm³/mol. The van der Waals surface area contributed by atoms with Gasteiger partial charge in [0.15, 0.2) is 0 Å². The van der Waals surface area contributed by atoms with Gasteiger partial charge in [-0.2, -0.15) is 0 Å².